The van der Waals surface area contributed by atoms with Crippen LogP contribution in [0.25, 0.3) is 0 Å². The molecule has 0 aliphatic rings. The summed E-state index contributed by atoms with van der Waals surface area (Å²) in [6.07, 6.45) is 0.959. The van der Waals surface area contributed by atoms with Gasteiger partial charge in [0, 0.05) is 22.6 Å². The van der Waals surface area contributed by atoms with Crippen molar-refractivity contribution < 1.29 is 14.3 Å². The van der Waals surface area contributed by atoms with Crippen LogP contribution in [0.1, 0.15) is 41.0 Å². The third-order valence-corrected chi connectivity index (χ3v) is 6.14. The van der Waals surface area contributed by atoms with Crippen molar-refractivity contribution >= 4 is 51.9 Å². The second kappa shape index (κ2) is 13.9. The predicted octanol–water partition coefficient (Wildman–Crippen LogP) is 7.23. The second-order valence-corrected chi connectivity index (χ2v) is 9.94. The monoisotopic (exact) mass is 552 g/mol. The van der Waals surface area contributed by atoms with Gasteiger partial charge in [0.2, 0.25) is 0 Å². The Morgan fingerprint density at radius 1 is 0.725 bits per heavy atom. The average Bonchev–Trinajstić information content (AvgIpc) is 2.95. The third-order valence-electron chi connectivity index (χ3n) is 5.93. The number of amides is 2. The Bertz CT molecular complexity index is 1440. The Balaban J connectivity index is 1.32. The van der Waals surface area contributed by atoms with Gasteiger partial charge in [0.25, 0.3) is 11.8 Å². The summed E-state index contributed by atoms with van der Waals surface area (Å²) >= 11 is 5.36. The lowest BCUT2D eigenvalue weighted by atomic mass is 10.1. The number of anilines is 4. The van der Waals surface area contributed by atoms with Crippen molar-refractivity contribution in [1.29, 1.82) is 0 Å². The fourth-order valence-corrected chi connectivity index (χ4v) is 3.96. The van der Waals surface area contributed by atoms with Crippen molar-refractivity contribution in [2.75, 3.05) is 22.6 Å². The molecule has 4 N–H and O–H groups in total. The largest absolute Gasteiger partial charge is 0.494 e. The molecule has 0 radical (unpaired) electrons. The van der Waals surface area contributed by atoms with E-state index in [9.17, 15) is 9.59 Å². The van der Waals surface area contributed by atoms with Crippen LogP contribution < -0.4 is 26.0 Å². The van der Waals surface area contributed by atoms with E-state index in [-0.39, 0.29) is 16.9 Å². The topological polar surface area (TPSA) is 91.5 Å². The van der Waals surface area contributed by atoms with Gasteiger partial charge in [0.1, 0.15) is 5.75 Å². The summed E-state index contributed by atoms with van der Waals surface area (Å²) in [7, 11) is 0. The molecule has 0 saturated heterocycles. The summed E-state index contributed by atoms with van der Waals surface area (Å²) in [6.45, 7) is 4.91. The lowest BCUT2D eigenvalue weighted by Gasteiger charge is -2.14. The van der Waals surface area contributed by atoms with Crippen LogP contribution in [-0.4, -0.2) is 23.5 Å². The maximum absolute atomic E-state index is 13.1. The van der Waals surface area contributed by atoms with Crippen molar-refractivity contribution in [3.05, 3.63) is 114 Å². The molecule has 0 aliphatic carbocycles. The summed E-state index contributed by atoms with van der Waals surface area (Å²) in [5, 5.41) is 11.9. The SMILES string of the molecule is CC(C)CCOc1ccc(C(=O)NC(=S)Nc2ccccc2C(=O)Nc2ccc(Nc3ccccc3)cc2)cc1. The number of thiocarbonyl (C=S) groups is 1. The molecule has 0 heterocycles. The number of hydrogen-bond acceptors (Lipinski definition) is 5. The molecule has 0 atom stereocenters. The highest BCUT2D eigenvalue weighted by molar-refractivity contribution is 7.80. The van der Waals surface area contributed by atoms with Crippen molar-refractivity contribution in [2.45, 2.75) is 20.3 Å². The van der Waals surface area contributed by atoms with Crippen molar-refractivity contribution in [2.24, 2.45) is 5.92 Å². The molecule has 4 aromatic rings. The van der Waals surface area contributed by atoms with Gasteiger partial charge in [-0.2, -0.15) is 0 Å². The summed E-state index contributed by atoms with van der Waals surface area (Å²) in [5.41, 5.74) is 3.82. The van der Waals surface area contributed by atoms with Crippen LogP contribution in [0, 0.1) is 5.92 Å². The van der Waals surface area contributed by atoms with Crippen LogP contribution >= 0.6 is 12.2 Å². The molecule has 2 amide bonds. The van der Waals surface area contributed by atoms with Crippen LogP contribution in [0.3, 0.4) is 0 Å². The van der Waals surface area contributed by atoms with Gasteiger partial charge in [0.15, 0.2) is 5.11 Å². The first kappa shape index (κ1) is 28.3. The minimum absolute atomic E-state index is 0.0823. The molecule has 0 fully saturated rings. The van der Waals surface area contributed by atoms with Gasteiger partial charge < -0.3 is 20.7 Å². The number of nitrogens with one attached hydrogen (secondary N) is 4. The summed E-state index contributed by atoms with van der Waals surface area (Å²) in [5.74, 6) is 0.593. The van der Waals surface area contributed by atoms with Gasteiger partial charge in [-0.1, -0.05) is 44.2 Å². The van der Waals surface area contributed by atoms with Crippen LogP contribution in [0.15, 0.2) is 103 Å². The zero-order valence-corrected chi connectivity index (χ0v) is 23.3. The molecule has 0 saturated carbocycles. The third kappa shape index (κ3) is 8.41. The highest BCUT2D eigenvalue weighted by atomic mass is 32.1. The van der Waals surface area contributed by atoms with E-state index in [0.717, 1.165) is 17.8 Å². The van der Waals surface area contributed by atoms with E-state index in [1.165, 1.54) is 0 Å². The normalized spacial score (nSPS) is 10.5. The van der Waals surface area contributed by atoms with E-state index in [4.69, 9.17) is 17.0 Å². The van der Waals surface area contributed by atoms with Crippen molar-refractivity contribution in [3.63, 3.8) is 0 Å². The molecule has 8 heteroatoms. The van der Waals surface area contributed by atoms with Gasteiger partial charge in [-0.05, 0) is 97.4 Å². The standard InChI is InChI=1S/C32H32N4O3S/c1-22(2)20-21-39-27-18-12-23(13-19-27)30(37)36-32(40)35-29-11-7-6-10-28(29)31(38)34-26-16-14-25(15-17-26)33-24-8-4-3-5-9-24/h3-19,22,33H,20-21H2,1-2H3,(H,34,38)(H2,35,36,37,40). The number of para-hydroxylation sites is 2. The van der Waals surface area contributed by atoms with Gasteiger partial charge in [0.05, 0.1) is 17.9 Å². The van der Waals surface area contributed by atoms with E-state index in [0.29, 0.717) is 40.8 Å². The van der Waals surface area contributed by atoms with Crippen molar-refractivity contribution in [1.82, 2.24) is 5.32 Å². The number of carbonyl (C=O) groups excluding carboxylic acids is 2. The van der Waals surface area contributed by atoms with E-state index < -0.39 is 0 Å². The molecule has 0 aromatic heterocycles. The summed E-state index contributed by atoms with van der Waals surface area (Å²) < 4.78 is 5.71. The number of rotatable bonds is 10. The second-order valence-electron chi connectivity index (χ2n) is 9.53. The van der Waals surface area contributed by atoms with Gasteiger partial charge in [-0.25, -0.2) is 0 Å². The first-order valence-corrected chi connectivity index (χ1v) is 13.5. The van der Waals surface area contributed by atoms with Gasteiger partial charge in [-0.15, -0.1) is 0 Å². The molecule has 4 aromatic carbocycles. The Labute approximate surface area is 240 Å². The molecule has 0 spiro atoms. The van der Waals surface area contributed by atoms with Gasteiger partial charge in [-0.3, -0.25) is 14.9 Å². The van der Waals surface area contributed by atoms with Gasteiger partial charge >= 0.3 is 0 Å². The zero-order valence-electron chi connectivity index (χ0n) is 22.4. The smallest absolute Gasteiger partial charge is 0.257 e. The summed E-state index contributed by atoms with van der Waals surface area (Å²) in [4.78, 5) is 25.8. The lowest BCUT2D eigenvalue weighted by molar-refractivity contribution is 0.0976. The number of hydrogen-bond donors (Lipinski definition) is 4. The first-order chi connectivity index (χ1) is 19.4. The van der Waals surface area contributed by atoms with E-state index in [1.807, 2.05) is 54.6 Å². The van der Waals surface area contributed by atoms with Crippen LogP contribution in [0.4, 0.5) is 22.7 Å². The van der Waals surface area contributed by atoms with E-state index in [2.05, 4.69) is 35.1 Å². The number of carbonyl (C=O) groups is 2. The quantitative estimate of drug-likeness (QED) is 0.155. The number of ether oxygens (including phenoxy) is 1. The van der Waals surface area contributed by atoms with E-state index >= 15 is 0 Å². The minimum Gasteiger partial charge on any atom is -0.494 e. The molecule has 0 unspecified atom stereocenters. The highest BCUT2D eigenvalue weighted by Gasteiger charge is 2.14. The molecular weight excluding hydrogens is 520 g/mol. The maximum Gasteiger partial charge on any atom is 0.257 e. The van der Waals surface area contributed by atoms with Crippen LogP contribution in [0.2, 0.25) is 0 Å². The average molecular weight is 553 g/mol. The molecule has 4 rings (SSSR count). The highest BCUT2D eigenvalue weighted by Crippen LogP contribution is 2.21. The fourth-order valence-electron chi connectivity index (χ4n) is 3.76. The molecule has 204 valence electrons. The molecule has 0 bridgehead atoms. The molecular formula is C32H32N4O3S. The van der Waals surface area contributed by atoms with E-state index in [1.54, 1.807) is 48.5 Å². The maximum atomic E-state index is 13.1. The van der Waals surface area contributed by atoms with Crippen molar-refractivity contribution in [3.8, 4) is 5.75 Å². The molecule has 0 aliphatic heterocycles. The minimum atomic E-state index is -0.364. The Kier molecular flexibility index (Phi) is 9.85. The zero-order chi connectivity index (χ0) is 28.3. The Hall–Kier alpha value is -4.69. The number of benzene rings is 4. The Morgan fingerprint density at radius 3 is 2.05 bits per heavy atom. The molecule has 7 nitrogen and oxygen atoms in total. The first-order valence-electron chi connectivity index (χ1n) is 13.0. The summed E-state index contributed by atoms with van der Waals surface area (Å²) in [6, 6.07) is 31.1. The molecule has 40 heavy (non-hydrogen) atoms. The predicted molar refractivity (Wildman–Crippen MR) is 166 cm³/mol. The Morgan fingerprint density at radius 2 is 1.35 bits per heavy atom. The van der Waals surface area contributed by atoms with Crippen LogP contribution in [0.5, 0.6) is 5.75 Å². The van der Waals surface area contributed by atoms with Crippen LogP contribution in [-0.2, 0) is 0 Å². The lowest BCUT2D eigenvalue weighted by Crippen LogP contribution is -2.34. The fraction of sp³-hybridized carbons (Fsp3) is 0.156.